The van der Waals surface area contributed by atoms with Crippen LogP contribution >= 0.6 is 0 Å². The maximum Gasteiger partial charge on any atom is 0.490 e. The van der Waals surface area contributed by atoms with E-state index in [0.717, 1.165) is 0 Å². The Morgan fingerprint density at radius 1 is 1.33 bits per heavy atom. The van der Waals surface area contributed by atoms with Crippen molar-refractivity contribution in [2.75, 3.05) is 0 Å². The summed E-state index contributed by atoms with van der Waals surface area (Å²) in [5.74, 6) is -2.76. The maximum absolute atomic E-state index is 10.6. The van der Waals surface area contributed by atoms with Crippen LogP contribution in [0.2, 0.25) is 0 Å². The molecule has 0 saturated carbocycles. The van der Waals surface area contributed by atoms with Gasteiger partial charge in [-0.3, -0.25) is 0 Å². The Bertz CT molecular complexity index is 97.0. The fourth-order valence-electron chi connectivity index (χ4n) is 0. The molecule has 0 aromatic rings. The molecule has 0 bridgehead atoms. The van der Waals surface area contributed by atoms with Gasteiger partial charge in [-0.1, -0.05) is 0 Å². The number of alkyl halides is 3. The topological polar surface area (TPSA) is 54.4 Å². The first-order valence-electron chi connectivity index (χ1n) is 1.53. The average Bonchev–Trinajstić information content (AvgIpc) is 1.69. The molecule has 0 aromatic carbocycles. The van der Waals surface area contributed by atoms with Gasteiger partial charge in [0, 0.05) is 0 Å². The highest BCUT2D eigenvalue weighted by atomic mass is 19.4. The van der Waals surface area contributed by atoms with Crippen molar-refractivity contribution in [3.8, 4) is 0 Å². The van der Waals surface area contributed by atoms with Crippen LogP contribution in [0.15, 0.2) is 0 Å². The van der Waals surface area contributed by atoms with Gasteiger partial charge in [-0.05, 0) is 0 Å². The summed E-state index contributed by atoms with van der Waals surface area (Å²) in [6.07, 6.45) is -5.08. The zero-order chi connectivity index (χ0) is 8.08. The van der Waals surface area contributed by atoms with Gasteiger partial charge in [0.15, 0.2) is 0 Å². The standard InChI is InChI=1S/C2HF3O2.CH2O/c3-2(4,5)1(6)7;1-2/h(H,6,7);1H2. The summed E-state index contributed by atoms with van der Waals surface area (Å²) in [5.41, 5.74) is 0. The van der Waals surface area contributed by atoms with E-state index in [-0.39, 0.29) is 0 Å². The Balaban J connectivity index is 0. The third-order valence-electron chi connectivity index (χ3n) is 0.243. The van der Waals surface area contributed by atoms with Crippen molar-refractivity contribution in [3.05, 3.63) is 0 Å². The van der Waals surface area contributed by atoms with E-state index < -0.39 is 12.1 Å². The summed E-state index contributed by atoms with van der Waals surface area (Å²) in [5, 5.41) is 7.12. The predicted molar refractivity (Wildman–Crippen MR) is 20.8 cm³/mol. The Labute approximate surface area is 48.1 Å². The predicted octanol–water partition coefficient (Wildman–Crippen LogP) is 0.448. The van der Waals surface area contributed by atoms with Gasteiger partial charge >= 0.3 is 12.1 Å². The molecule has 0 saturated heterocycles. The van der Waals surface area contributed by atoms with Crippen LogP contribution in [0.4, 0.5) is 13.2 Å². The lowest BCUT2D eigenvalue weighted by Gasteiger charge is -1.93. The Kier molecular flexibility index (Phi) is 4.66. The molecule has 9 heavy (non-hydrogen) atoms. The van der Waals surface area contributed by atoms with Crippen molar-refractivity contribution >= 4 is 12.8 Å². The van der Waals surface area contributed by atoms with Crippen molar-refractivity contribution in [2.45, 2.75) is 6.18 Å². The summed E-state index contributed by atoms with van der Waals surface area (Å²) in [6.45, 7) is 2.00. The number of carboxylic acid groups (broad SMARTS) is 1. The molecule has 6 heteroatoms. The fourth-order valence-corrected chi connectivity index (χ4v) is 0. The monoisotopic (exact) mass is 144 g/mol. The van der Waals surface area contributed by atoms with Gasteiger partial charge in [-0.25, -0.2) is 4.79 Å². The van der Waals surface area contributed by atoms with Crippen molar-refractivity contribution in [1.82, 2.24) is 0 Å². The molecular weight excluding hydrogens is 141 g/mol. The third-order valence-corrected chi connectivity index (χ3v) is 0.243. The summed E-state index contributed by atoms with van der Waals surface area (Å²) >= 11 is 0. The SMILES string of the molecule is C=O.O=C(O)C(F)(F)F. The van der Waals surface area contributed by atoms with E-state index in [1.54, 1.807) is 0 Å². The van der Waals surface area contributed by atoms with E-state index >= 15 is 0 Å². The molecule has 54 valence electrons. The average molecular weight is 144 g/mol. The lowest BCUT2D eigenvalue weighted by Crippen LogP contribution is -2.21. The van der Waals surface area contributed by atoms with Gasteiger partial charge in [0.25, 0.3) is 0 Å². The maximum atomic E-state index is 10.6. The van der Waals surface area contributed by atoms with E-state index in [9.17, 15) is 13.2 Å². The van der Waals surface area contributed by atoms with E-state index in [4.69, 9.17) is 14.7 Å². The molecule has 0 aromatic heterocycles. The summed E-state index contributed by atoms with van der Waals surface area (Å²) in [4.78, 5) is 16.9. The van der Waals surface area contributed by atoms with Crippen LogP contribution in [0.1, 0.15) is 0 Å². The molecule has 0 aliphatic carbocycles. The van der Waals surface area contributed by atoms with E-state index in [1.165, 1.54) is 0 Å². The van der Waals surface area contributed by atoms with Crippen molar-refractivity contribution in [3.63, 3.8) is 0 Å². The molecule has 0 unspecified atom stereocenters. The lowest BCUT2D eigenvalue weighted by atomic mass is 10.7. The zero-order valence-electron chi connectivity index (χ0n) is 4.10. The largest absolute Gasteiger partial charge is 0.490 e. The molecule has 0 heterocycles. The Morgan fingerprint density at radius 2 is 1.44 bits per heavy atom. The first-order chi connectivity index (χ1) is 3.94. The minimum atomic E-state index is -5.08. The van der Waals surface area contributed by atoms with Gasteiger partial charge in [-0.2, -0.15) is 13.2 Å². The van der Waals surface area contributed by atoms with Crippen LogP contribution < -0.4 is 0 Å². The van der Waals surface area contributed by atoms with Crippen LogP contribution in [0.25, 0.3) is 0 Å². The number of rotatable bonds is 0. The second-order valence-electron chi connectivity index (χ2n) is 0.803. The second-order valence-corrected chi connectivity index (χ2v) is 0.803. The van der Waals surface area contributed by atoms with Crippen LogP contribution in [-0.4, -0.2) is 24.0 Å². The molecule has 0 radical (unpaired) electrons. The van der Waals surface area contributed by atoms with Crippen molar-refractivity contribution in [2.24, 2.45) is 0 Å². The number of halogens is 3. The van der Waals surface area contributed by atoms with E-state index in [1.807, 2.05) is 6.79 Å². The lowest BCUT2D eigenvalue weighted by molar-refractivity contribution is -0.192. The smallest absolute Gasteiger partial charge is 0.475 e. The van der Waals surface area contributed by atoms with Crippen LogP contribution in [0, 0.1) is 0 Å². The summed E-state index contributed by atoms with van der Waals surface area (Å²) in [6, 6.07) is 0. The Hall–Kier alpha value is -1.07. The first kappa shape index (κ1) is 10.8. The summed E-state index contributed by atoms with van der Waals surface area (Å²) < 4.78 is 31.7. The molecule has 0 fully saturated rings. The Morgan fingerprint density at radius 3 is 1.44 bits per heavy atom. The molecule has 0 aliphatic heterocycles. The van der Waals surface area contributed by atoms with Gasteiger partial charge in [0.05, 0.1) is 0 Å². The number of carbonyl (C=O) groups excluding carboxylic acids is 1. The van der Waals surface area contributed by atoms with E-state index in [0.29, 0.717) is 0 Å². The first-order valence-corrected chi connectivity index (χ1v) is 1.53. The van der Waals surface area contributed by atoms with E-state index in [2.05, 4.69) is 0 Å². The third kappa shape index (κ3) is 6.93. The van der Waals surface area contributed by atoms with Crippen LogP contribution in [-0.2, 0) is 9.59 Å². The minimum absolute atomic E-state index is 2.00. The van der Waals surface area contributed by atoms with Gasteiger partial charge in [-0.15, -0.1) is 0 Å². The molecule has 0 atom stereocenters. The quantitative estimate of drug-likeness (QED) is 0.536. The molecule has 1 N–H and O–H groups in total. The molecule has 0 amide bonds. The van der Waals surface area contributed by atoms with Crippen molar-refractivity contribution < 1.29 is 27.9 Å². The fraction of sp³-hybridized carbons (Fsp3) is 0.333. The van der Waals surface area contributed by atoms with Gasteiger partial charge in [0.2, 0.25) is 0 Å². The van der Waals surface area contributed by atoms with Crippen LogP contribution in [0.3, 0.4) is 0 Å². The molecule has 0 rings (SSSR count). The molecular formula is C3H3F3O3. The second kappa shape index (κ2) is 3.88. The zero-order valence-corrected chi connectivity index (χ0v) is 4.10. The minimum Gasteiger partial charge on any atom is -0.475 e. The highest BCUT2D eigenvalue weighted by Crippen LogP contribution is 2.13. The van der Waals surface area contributed by atoms with Gasteiger partial charge < -0.3 is 9.90 Å². The number of hydrogen-bond donors (Lipinski definition) is 1. The van der Waals surface area contributed by atoms with Crippen LogP contribution in [0.5, 0.6) is 0 Å². The normalized spacial score (nSPS) is 9.22. The highest BCUT2D eigenvalue weighted by molar-refractivity contribution is 5.73. The summed E-state index contributed by atoms with van der Waals surface area (Å²) in [7, 11) is 0. The molecule has 0 spiro atoms. The molecule has 3 nitrogen and oxygen atoms in total. The number of aliphatic carboxylic acids is 1. The molecule has 0 aliphatic rings. The number of carboxylic acids is 1. The number of hydrogen-bond acceptors (Lipinski definition) is 2. The van der Waals surface area contributed by atoms with Crippen molar-refractivity contribution in [1.29, 1.82) is 0 Å². The van der Waals surface area contributed by atoms with Gasteiger partial charge in [0.1, 0.15) is 6.79 Å². The highest BCUT2D eigenvalue weighted by Gasteiger charge is 2.38. The number of carbonyl (C=O) groups is 2.